The molecule has 2 aromatic heterocycles. The Hall–Kier alpha value is -1.63. The summed E-state index contributed by atoms with van der Waals surface area (Å²) in [7, 11) is 1.73. The van der Waals surface area contributed by atoms with Gasteiger partial charge in [0.05, 0.1) is 6.54 Å². The number of nitrogens with zero attached hydrogens (tertiary/aromatic N) is 4. The van der Waals surface area contributed by atoms with Gasteiger partial charge in [-0.2, -0.15) is 0 Å². The molecule has 0 radical (unpaired) electrons. The minimum Gasteiger partial charge on any atom is -0.360 e. The summed E-state index contributed by atoms with van der Waals surface area (Å²) in [4.78, 5) is 11.6. The van der Waals surface area contributed by atoms with E-state index in [0.717, 1.165) is 23.1 Å². The van der Waals surface area contributed by atoms with E-state index >= 15 is 0 Å². The first-order valence-electron chi connectivity index (χ1n) is 5.48. The number of imidazole rings is 1. The van der Waals surface area contributed by atoms with Gasteiger partial charge in [-0.05, 0) is 6.42 Å². The van der Waals surface area contributed by atoms with E-state index in [0.29, 0.717) is 6.54 Å². The molecule has 0 aliphatic carbocycles. The Morgan fingerprint density at radius 2 is 2.24 bits per heavy atom. The van der Waals surface area contributed by atoms with E-state index in [-0.39, 0.29) is 5.69 Å². The lowest BCUT2D eigenvalue weighted by molar-refractivity contribution is 0.708. The van der Waals surface area contributed by atoms with Crippen LogP contribution in [-0.2, 0) is 13.6 Å². The molecule has 6 nitrogen and oxygen atoms in total. The molecule has 0 aliphatic rings. The highest BCUT2D eigenvalue weighted by atomic mass is 32.1. The third-order valence-corrected chi connectivity index (χ3v) is 3.18. The van der Waals surface area contributed by atoms with Gasteiger partial charge in [-0.1, -0.05) is 18.3 Å². The van der Waals surface area contributed by atoms with Crippen molar-refractivity contribution in [2.75, 3.05) is 11.9 Å². The lowest BCUT2D eigenvalue weighted by atomic mass is 10.5. The molecule has 0 spiro atoms. The van der Waals surface area contributed by atoms with E-state index < -0.39 is 0 Å². The molecular formula is C10H15N5OS. The normalized spacial score (nSPS) is 10.7. The van der Waals surface area contributed by atoms with Crippen molar-refractivity contribution in [1.29, 1.82) is 0 Å². The largest absolute Gasteiger partial charge is 0.360 e. The summed E-state index contributed by atoms with van der Waals surface area (Å²) in [5, 5.41) is 12.9. The third kappa shape index (κ3) is 2.73. The van der Waals surface area contributed by atoms with Crippen molar-refractivity contribution in [3.8, 4) is 0 Å². The molecule has 0 aliphatic heterocycles. The molecule has 2 rings (SSSR count). The summed E-state index contributed by atoms with van der Waals surface area (Å²) in [6.07, 6.45) is 4.54. The zero-order chi connectivity index (χ0) is 12.3. The number of rotatable bonds is 5. The number of anilines is 1. The van der Waals surface area contributed by atoms with Gasteiger partial charge in [0.15, 0.2) is 0 Å². The first kappa shape index (κ1) is 11.8. The number of aryl methyl sites for hydroxylation is 1. The Bertz CT molecular complexity index is 541. The molecule has 0 saturated heterocycles. The van der Waals surface area contributed by atoms with Crippen LogP contribution in [0.3, 0.4) is 0 Å². The summed E-state index contributed by atoms with van der Waals surface area (Å²) < 4.78 is 3.15. The van der Waals surface area contributed by atoms with Crippen molar-refractivity contribution < 1.29 is 0 Å². The van der Waals surface area contributed by atoms with Gasteiger partial charge in [0.25, 0.3) is 0 Å². The lowest BCUT2D eigenvalue weighted by Gasteiger charge is -1.96. The summed E-state index contributed by atoms with van der Waals surface area (Å²) in [5.41, 5.74) is -0.0386. The minimum atomic E-state index is -0.0386. The van der Waals surface area contributed by atoms with Crippen LogP contribution in [-0.4, -0.2) is 25.9 Å². The quantitative estimate of drug-likeness (QED) is 0.860. The topological polar surface area (TPSA) is 64.7 Å². The first-order chi connectivity index (χ1) is 8.20. The summed E-state index contributed by atoms with van der Waals surface area (Å²) in [6.45, 7) is 3.46. The van der Waals surface area contributed by atoms with Crippen molar-refractivity contribution >= 4 is 16.5 Å². The molecule has 0 aromatic carbocycles. The van der Waals surface area contributed by atoms with E-state index in [1.807, 2.05) is 0 Å². The highest BCUT2D eigenvalue weighted by Gasteiger charge is 2.06. The van der Waals surface area contributed by atoms with Gasteiger partial charge < -0.3 is 9.88 Å². The Morgan fingerprint density at radius 3 is 2.88 bits per heavy atom. The predicted molar refractivity (Wildman–Crippen MR) is 67.5 cm³/mol. The Labute approximate surface area is 103 Å². The highest BCUT2D eigenvalue weighted by Crippen LogP contribution is 2.15. The SMILES string of the molecule is CCCNc1nnc(Cn2ccn(C)c2=O)s1. The molecule has 1 N–H and O–H groups in total. The van der Waals surface area contributed by atoms with Gasteiger partial charge in [-0.15, -0.1) is 10.2 Å². The average molecular weight is 253 g/mol. The van der Waals surface area contributed by atoms with Crippen molar-refractivity contribution in [3.63, 3.8) is 0 Å². The maximum atomic E-state index is 11.6. The predicted octanol–water partition coefficient (Wildman–Crippen LogP) is 0.908. The van der Waals surface area contributed by atoms with Gasteiger partial charge in [0.2, 0.25) is 5.13 Å². The standard InChI is InChI=1S/C10H15N5OS/c1-3-4-11-9-13-12-8(17-9)7-15-6-5-14(2)10(15)16/h5-6H,3-4,7H2,1-2H3,(H,11,13). The van der Waals surface area contributed by atoms with Crippen LogP contribution >= 0.6 is 11.3 Å². The van der Waals surface area contributed by atoms with Crippen molar-refractivity contribution in [2.24, 2.45) is 7.05 Å². The zero-order valence-corrected chi connectivity index (χ0v) is 10.7. The van der Waals surface area contributed by atoms with Gasteiger partial charge in [0, 0.05) is 26.0 Å². The molecule has 0 bridgehead atoms. The maximum absolute atomic E-state index is 11.6. The fraction of sp³-hybridized carbons (Fsp3) is 0.500. The van der Waals surface area contributed by atoms with Crippen LogP contribution in [0.1, 0.15) is 18.4 Å². The molecule has 0 fully saturated rings. The second-order valence-corrected chi connectivity index (χ2v) is 4.81. The van der Waals surface area contributed by atoms with Crippen LogP contribution in [0.2, 0.25) is 0 Å². The van der Waals surface area contributed by atoms with E-state index in [2.05, 4.69) is 22.4 Å². The van der Waals surface area contributed by atoms with E-state index in [1.54, 1.807) is 24.0 Å². The second-order valence-electron chi connectivity index (χ2n) is 3.75. The summed E-state index contributed by atoms with van der Waals surface area (Å²) in [6, 6.07) is 0. The smallest absolute Gasteiger partial charge is 0.328 e. The molecule has 0 unspecified atom stereocenters. The number of aromatic nitrogens is 4. The van der Waals surface area contributed by atoms with Crippen LogP contribution in [0.15, 0.2) is 17.2 Å². The molecule has 7 heteroatoms. The second kappa shape index (κ2) is 5.13. The molecule has 2 heterocycles. The maximum Gasteiger partial charge on any atom is 0.328 e. The first-order valence-corrected chi connectivity index (χ1v) is 6.30. The fourth-order valence-electron chi connectivity index (χ4n) is 1.40. The molecule has 0 saturated carbocycles. The fourth-order valence-corrected chi connectivity index (χ4v) is 2.16. The van der Waals surface area contributed by atoms with Crippen molar-refractivity contribution in [1.82, 2.24) is 19.3 Å². The Balaban J connectivity index is 2.06. The van der Waals surface area contributed by atoms with Crippen molar-refractivity contribution in [3.05, 3.63) is 27.9 Å². The molecule has 92 valence electrons. The minimum absolute atomic E-state index is 0.0386. The van der Waals surface area contributed by atoms with Crippen LogP contribution in [0, 0.1) is 0 Å². The van der Waals surface area contributed by atoms with E-state index in [1.165, 1.54) is 15.9 Å². The molecule has 17 heavy (non-hydrogen) atoms. The third-order valence-electron chi connectivity index (χ3n) is 2.32. The van der Waals surface area contributed by atoms with Crippen molar-refractivity contribution in [2.45, 2.75) is 19.9 Å². The van der Waals surface area contributed by atoms with Gasteiger partial charge >= 0.3 is 5.69 Å². The average Bonchev–Trinajstić information content (AvgIpc) is 2.89. The number of hydrogen-bond acceptors (Lipinski definition) is 5. The van der Waals surface area contributed by atoms with Crippen LogP contribution in [0.25, 0.3) is 0 Å². The van der Waals surface area contributed by atoms with E-state index in [9.17, 15) is 4.79 Å². The highest BCUT2D eigenvalue weighted by molar-refractivity contribution is 7.15. The molecule has 0 atom stereocenters. The number of nitrogens with one attached hydrogen (secondary N) is 1. The van der Waals surface area contributed by atoms with Gasteiger partial charge in [-0.25, -0.2) is 4.79 Å². The van der Waals surface area contributed by atoms with E-state index in [4.69, 9.17) is 0 Å². The Kier molecular flexibility index (Phi) is 3.58. The molecular weight excluding hydrogens is 238 g/mol. The molecule has 2 aromatic rings. The lowest BCUT2D eigenvalue weighted by Crippen LogP contribution is -2.22. The van der Waals surface area contributed by atoms with Crippen LogP contribution in [0.5, 0.6) is 0 Å². The Morgan fingerprint density at radius 1 is 1.41 bits per heavy atom. The zero-order valence-electron chi connectivity index (χ0n) is 9.88. The number of hydrogen-bond donors (Lipinski definition) is 1. The monoisotopic (exact) mass is 253 g/mol. The van der Waals surface area contributed by atoms with Crippen LogP contribution < -0.4 is 11.0 Å². The molecule has 0 amide bonds. The van der Waals surface area contributed by atoms with Gasteiger partial charge in [-0.3, -0.25) is 4.57 Å². The summed E-state index contributed by atoms with van der Waals surface area (Å²) in [5.74, 6) is 0. The summed E-state index contributed by atoms with van der Waals surface area (Å²) >= 11 is 1.48. The van der Waals surface area contributed by atoms with Crippen LogP contribution in [0.4, 0.5) is 5.13 Å². The van der Waals surface area contributed by atoms with Gasteiger partial charge in [0.1, 0.15) is 5.01 Å².